The Bertz CT molecular complexity index is 363. The summed E-state index contributed by atoms with van der Waals surface area (Å²) in [4.78, 5) is 11.5. The molecule has 0 aromatic heterocycles. The summed E-state index contributed by atoms with van der Waals surface area (Å²) in [6.07, 6.45) is 3.38. The normalized spacial score (nSPS) is 15.5. The molecule has 80 valence electrons. The van der Waals surface area contributed by atoms with Crippen molar-refractivity contribution < 1.29 is 4.79 Å². The Morgan fingerprint density at radius 2 is 2.20 bits per heavy atom. The Hall–Kier alpha value is -1.22. The molecule has 0 saturated heterocycles. The molecule has 1 saturated carbocycles. The number of carbonyl (C=O) groups is 1. The smallest absolute Gasteiger partial charge is 0.319 e. The van der Waals surface area contributed by atoms with Crippen LogP contribution >= 0.6 is 11.6 Å². The van der Waals surface area contributed by atoms with Gasteiger partial charge in [0.2, 0.25) is 0 Å². The fourth-order valence-electron chi connectivity index (χ4n) is 1.47. The molecule has 1 fully saturated rings. The molecule has 1 aromatic rings. The average molecular weight is 225 g/mol. The van der Waals surface area contributed by atoms with Gasteiger partial charge in [-0.3, -0.25) is 0 Å². The van der Waals surface area contributed by atoms with Crippen LogP contribution in [-0.2, 0) is 0 Å². The third-order valence-corrected chi connectivity index (χ3v) is 2.76. The van der Waals surface area contributed by atoms with E-state index in [9.17, 15) is 4.79 Å². The Morgan fingerprint density at radius 3 is 2.80 bits per heavy atom. The highest BCUT2D eigenvalue weighted by atomic mass is 35.5. The zero-order valence-electron chi connectivity index (χ0n) is 8.29. The number of hydrogen-bond acceptors (Lipinski definition) is 1. The molecule has 0 spiro atoms. The van der Waals surface area contributed by atoms with Crippen LogP contribution in [0.25, 0.3) is 0 Å². The molecular formula is C11H13ClN2O. The van der Waals surface area contributed by atoms with E-state index < -0.39 is 0 Å². The lowest BCUT2D eigenvalue weighted by Crippen LogP contribution is -2.41. The summed E-state index contributed by atoms with van der Waals surface area (Å²) in [5.74, 6) is 0. The fourth-order valence-corrected chi connectivity index (χ4v) is 1.66. The summed E-state index contributed by atoms with van der Waals surface area (Å²) in [6.45, 7) is 0. The second-order valence-electron chi connectivity index (χ2n) is 3.74. The molecular weight excluding hydrogens is 212 g/mol. The number of amides is 2. The molecule has 0 unspecified atom stereocenters. The summed E-state index contributed by atoms with van der Waals surface area (Å²) >= 11 is 5.80. The quantitative estimate of drug-likeness (QED) is 0.797. The molecule has 4 heteroatoms. The van der Waals surface area contributed by atoms with Crippen molar-refractivity contribution in [3.05, 3.63) is 29.3 Å². The summed E-state index contributed by atoms with van der Waals surface area (Å²) in [5, 5.41) is 6.26. The SMILES string of the molecule is O=C(Nc1cccc(Cl)c1)NC1CCC1. The van der Waals surface area contributed by atoms with E-state index in [0.717, 1.165) is 18.5 Å². The van der Waals surface area contributed by atoms with Crippen LogP contribution in [0, 0.1) is 0 Å². The van der Waals surface area contributed by atoms with E-state index in [1.165, 1.54) is 6.42 Å². The predicted octanol–water partition coefficient (Wildman–Crippen LogP) is 3.01. The largest absolute Gasteiger partial charge is 0.335 e. The lowest BCUT2D eigenvalue weighted by molar-refractivity contribution is 0.240. The second-order valence-corrected chi connectivity index (χ2v) is 4.17. The van der Waals surface area contributed by atoms with Gasteiger partial charge >= 0.3 is 6.03 Å². The van der Waals surface area contributed by atoms with Gasteiger partial charge in [-0.05, 0) is 37.5 Å². The number of hydrogen-bond donors (Lipinski definition) is 2. The molecule has 0 heterocycles. The zero-order valence-corrected chi connectivity index (χ0v) is 9.05. The molecule has 0 bridgehead atoms. The highest BCUT2D eigenvalue weighted by Crippen LogP contribution is 2.18. The van der Waals surface area contributed by atoms with Crippen molar-refractivity contribution in [1.82, 2.24) is 5.32 Å². The number of halogens is 1. The Kier molecular flexibility index (Phi) is 3.11. The molecule has 2 N–H and O–H groups in total. The fraction of sp³-hybridized carbons (Fsp3) is 0.364. The van der Waals surface area contributed by atoms with Crippen LogP contribution in [-0.4, -0.2) is 12.1 Å². The predicted molar refractivity (Wildman–Crippen MR) is 61.2 cm³/mol. The third-order valence-electron chi connectivity index (χ3n) is 2.52. The second kappa shape index (κ2) is 4.53. The lowest BCUT2D eigenvalue weighted by Gasteiger charge is -2.26. The van der Waals surface area contributed by atoms with Crippen LogP contribution in [0.2, 0.25) is 5.02 Å². The number of rotatable bonds is 2. The van der Waals surface area contributed by atoms with Crippen molar-refractivity contribution in [2.24, 2.45) is 0 Å². The Balaban J connectivity index is 1.87. The van der Waals surface area contributed by atoms with E-state index in [1.807, 2.05) is 6.07 Å². The van der Waals surface area contributed by atoms with Gasteiger partial charge in [0, 0.05) is 16.8 Å². The summed E-state index contributed by atoms with van der Waals surface area (Å²) in [7, 11) is 0. The summed E-state index contributed by atoms with van der Waals surface area (Å²) in [5.41, 5.74) is 0.722. The maximum absolute atomic E-state index is 11.5. The van der Waals surface area contributed by atoms with Crippen LogP contribution in [0.3, 0.4) is 0 Å². The first-order chi connectivity index (χ1) is 7.24. The van der Waals surface area contributed by atoms with E-state index in [0.29, 0.717) is 11.1 Å². The molecule has 0 radical (unpaired) electrons. The topological polar surface area (TPSA) is 41.1 Å². The molecule has 15 heavy (non-hydrogen) atoms. The first-order valence-electron chi connectivity index (χ1n) is 5.07. The van der Waals surface area contributed by atoms with Gasteiger partial charge in [-0.15, -0.1) is 0 Å². The highest BCUT2D eigenvalue weighted by molar-refractivity contribution is 6.30. The lowest BCUT2D eigenvalue weighted by atomic mass is 9.93. The average Bonchev–Trinajstić information content (AvgIpc) is 2.11. The Morgan fingerprint density at radius 1 is 1.40 bits per heavy atom. The maximum Gasteiger partial charge on any atom is 0.319 e. The molecule has 2 amide bonds. The van der Waals surface area contributed by atoms with E-state index in [-0.39, 0.29) is 6.03 Å². The van der Waals surface area contributed by atoms with Crippen molar-refractivity contribution in [1.29, 1.82) is 0 Å². The third kappa shape index (κ3) is 2.86. The first kappa shape index (κ1) is 10.3. The summed E-state index contributed by atoms with van der Waals surface area (Å²) in [6, 6.07) is 7.32. The number of benzene rings is 1. The van der Waals surface area contributed by atoms with E-state index in [2.05, 4.69) is 10.6 Å². The van der Waals surface area contributed by atoms with Crippen molar-refractivity contribution >= 4 is 23.3 Å². The van der Waals surface area contributed by atoms with Crippen LogP contribution in [0.5, 0.6) is 0 Å². The van der Waals surface area contributed by atoms with Gasteiger partial charge < -0.3 is 10.6 Å². The van der Waals surface area contributed by atoms with Crippen molar-refractivity contribution in [3.8, 4) is 0 Å². The first-order valence-corrected chi connectivity index (χ1v) is 5.45. The van der Waals surface area contributed by atoms with Crippen molar-refractivity contribution in [2.75, 3.05) is 5.32 Å². The van der Waals surface area contributed by atoms with Gasteiger partial charge in [-0.1, -0.05) is 17.7 Å². The number of nitrogens with one attached hydrogen (secondary N) is 2. The summed E-state index contributed by atoms with van der Waals surface area (Å²) < 4.78 is 0. The van der Waals surface area contributed by atoms with Gasteiger partial charge in [0.15, 0.2) is 0 Å². The van der Waals surface area contributed by atoms with Crippen molar-refractivity contribution in [2.45, 2.75) is 25.3 Å². The molecule has 2 rings (SSSR count). The van der Waals surface area contributed by atoms with Crippen molar-refractivity contribution in [3.63, 3.8) is 0 Å². The number of anilines is 1. The monoisotopic (exact) mass is 224 g/mol. The van der Waals surface area contributed by atoms with Gasteiger partial charge in [0.05, 0.1) is 0 Å². The molecule has 1 aliphatic rings. The minimum atomic E-state index is -0.151. The van der Waals surface area contributed by atoms with Crippen LogP contribution in [0.15, 0.2) is 24.3 Å². The molecule has 3 nitrogen and oxygen atoms in total. The minimum absolute atomic E-state index is 0.151. The van der Waals surface area contributed by atoms with Crippen LogP contribution in [0.4, 0.5) is 10.5 Å². The molecule has 1 aromatic carbocycles. The minimum Gasteiger partial charge on any atom is -0.335 e. The number of carbonyl (C=O) groups excluding carboxylic acids is 1. The molecule has 1 aliphatic carbocycles. The van der Waals surface area contributed by atoms with E-state index in [4.69, 9.17) is 11.6 Å². The van der Waals surface area contributed by atoms with Gasteiger partial charge in [-0.2, -0.15) is 0 Å². The number of urea groups is 1. The van der Waals surface area contributed by atoms with E-state index in [1.54, 1.807) is 18.2 Å². The van der Waals surface area contributed by atoms with Gasteiger partial charge in [0.1, 0.15) is 0 Å². The Labute approximate surface area is 93.8 Å². The maximum atomic E-state index is 11.5. The highest BCUT2D eigenvalue weighted by Gasteiger charge is 2.19. The van der Waals surface area contributed by atoms with Crippen LogP contribution < -0.4 is 10.6 Å². The van der Waals surface area contributed by atoms with Crippen LogP contribution in [0.1, 0.15) is 19.3 Å². The van der Waals surface area contributed by atoms with Gasteiger partial charge in [0.25, 0.3) is 0 Å². The van der Waals surface area contributed by atoms with Gasteiger partial charge in [-0.25, -0.2) is 4.79 Å². The zero-order chi connectivity index (χ0) is 10.7. The van der Waals surface area contributed by atoms with E-state index >= 15 is 0 Å². The molecule has 0 aliphatic heterocycles. The molecule has 0 atom stereocenters. The standard InChI is InChI=1S/C11H13ClN2O/c12-8-3-1-6-10(7-8)14-11(15)13-9-4-2-5-9/h1,3,6-7,9H,2,4-5H2,(H2,13,14,15).